The number of nitrogens with zero attached hydrogens (tertiary/aromatic N) is 4. The van der Waals surface area contributed by atoms with E-state index in [-0.39, 0.29) is 11.7 Å². The molecule has 0 fully saturated rings. The summed E-state index contributed by atoms with van der Waals surface area (Å²) in [7, 11) is 1.91. The number of anilines is 1. The number of nitrogens with one attached hydrogen (secondary N) is 1. The maximum Gasteiger partial charge on any atom is 0.236 e. The maximum absolute atomic E-state index is 12.4. The molecule has 4 rings (SSSR count). The summed E-state index contributed by atoms with van der Waals surface area (Å²) in [5.41, 5.74) is 5.29. The van der Waals surface area contributed by atoms with Crippen molar-refractivity contribution in [3.8, 4) is 22.6 Å². The van der Waals surface area contributed by atoms with Gasteiger partial charge in [-0.1, -0.05) is 71.4 Å². The van der Waals surface area contributed by atoms with Crippen molar-refractivity contribution in [2.45, 2.75) is 19.0 Å². The van der Waals surface area contributed by atoms with Gasteiger partial charge in [0.15, 0.2) is 16.1 Å². The highest BCUT2D eigenvalue weighted by Crippen LogP contribution is 2.26. The molecule has 2 aromatic carbocycles. The maximum atomic E-state index is 12.4. The number of thiazole rings is 1. The number of amides is 1. The summed E-state index contributed by atoms with van der Waals surface area (Å²) in [5.74, 6) is 0.893. The van der Waals surface area contributed by atoms with Crippen LogP contribution in [0.1, 0.15) is 11.1 Å². The van der Waals surface area contributed by atoms with Crippen LogP contribution in [0.4, 0.5) is 5.13 Å². The summed E-state index contributed by atoms with van der Waals surface area (Å²) in [6, 6.07) is 16.3. The topological polar surface area (TPSA) is 72.7 Å². The number of benzene rings is 2. The predicted molar refractivity (Wildman–Crippen MR) is 123 cm³/mol. The third-order valence-electron chi connectivity index (χ3n) is 4.57. The Morgan fingerprint density at radius 3 is 2.30 bits per heavy atom. The van der Waals surface area contributed by atoms with Crippen LogP contribution in [0.5, 0.6) is 0 Å². The highest BCUT2D eigenvalue weighted by atomic mass is 32.2. The molecule has 0 aliphatic carbocycles. The molecular formula is C22H21N5OS2. The van der Waals surface area contributed by atoms with Crippen LogP contribution in [0.15, 0.2) is 59.1 Å². The van der Waals surface area contributed by atoms with Gasteiger partial charge in [-0.15, -0.1) is 21.5 Å². The van der Waals surface area contributed by atoms with Crippen molar-refractivity contribution in [1.82, 2.24) is 19.7 Å². The second kappa shape index (κ2) is 8.81. The van der Waals surface area contributed by atoms with Gasteiger partial charge in [0, 0.05) is 23.6 Å². The van der Waals surface area contributed by atoms with Crippen LogP contribution in [0.25, 0.3) is 22.6 Å². The first-order valence-electron chi connectivity index (χ1n) is 9.41. The Kier molecular flexibility index (Phi) is 5.96. The van der Waals surface area contributed by atoms with Gasteiger partial charge in [-0.2, -0.15) is 0 Å². The molecule has 0 spiro atoms. The van der Waals surface area contributed by atoms with E-state index in [1.807, 2.05) is 60.3 Å². The van der Waals surface area contributed by atoms with Crippen molar-refractivity contribution in [2.24, 2.45) is 7.05 Å². The molecule has 152 valence electrons. The van der Waals surface area contributed by atoms with Crippen molar-refractivity contribution in [3.05, 3.63) is 65.0 Å². The van der Waals surface area contributed by atoms with E-state index >= 15 is 0 Å². The molecule has 1 N–H and O–H groups in total. The van der Waals surface area contributed by atoms with Crippen LogP contribution in [0.3, 0.4) is 0 Å². The van der Waals surface area contributed by atoms with Crippen LogP contribution in [0.2, 0.25) is 0 Å². The predicted octanol–water partition coefficient (Wildman–Crippen LogP) is 4.95. The molecule has 2 heterocycles. The third-order valence-corrected chi connectivity index (χ3v) is 6.35. The molecule has 0 unspecified atom stereocenters. The Morgan fingerprint density at radius 2 is 1.63 bits per heavy atom. The van der Waals surface area contributed by atoms with E-state index in [0.29, 0.717) is 10.3 Å². The highest BCUT2D eigenvalue weighted by Gasteiger charge is 2.14. The lowest BCUT2D eigenvalue weighted by atomic mass is 10.1. The Hall–Kier alpha value is -2.97. The Bertz CT molecular complexity index is 1160. The van der Waals surface area contributed by atoms with Crippen molar-refractivity contribution >= 4 is 34.1 Å². The molecule has 1 amide bonds. The number of aromatic nitrogens is 4. The number of thioether (sulfide) groups is 1. The molecule has 0 atom stereocenters. The average molecular weight is 436 g/mol. The molecule has 0 aliphatic rings. The fourth-order valence-electron chi connectivity index (χ4n) is 2.87. The van der Waals surface area contributed by atoms with Crippen LogP contribution >= 0.6 is 23.1 Å². The Balaban J connectivity index is 1.36. The van der Waals surface area contributed by atoms with Crippen molar-refractivity contribution in [3.63, 3.8) is 0 Å². The van der Waals surface area contributed by atoms with Crippen LogP contribution in [-0.4, -0.2) is 31.4 Å². The smallest absolute Gasteiger partial charge is 0.236 e. The molecular weight excluding hydrogens is 414 g/mol. The molecule has 0 bridgehead atoms. The summed E-state index contributed by atoms with van der Waals surface area (Å²) >= 11 is 2.77. The number of aryl methyl sites for hydroxylation is 2. The summed E-state index contributed by atoms with van der Waals surface area (Å²) in [5, 5.41) is 14.6. The highest BCUT2D eigenvalue weighted by molar-refractivity contribution is 7.99. The van der Waals surface area contributed by atoms with E-state index in [2.05, 4.69) is 39.6 Å². The van der Waals surface area contributed by atoms with Crippen molar-refractivity contribution in [1.29, 1.82) is 0 Å². The van der Waals surface area contributed by atoms with Gasteiger partial charge in [0.25, 0.3) is 0 Å². The molecule has 8 heteroatoms. The number of hydrogen-bond acceptors (Lipinski definition) is 6. The average Bonchev–Trinajstić information content (AvgIpc) is 3.34. The molecule has 0 saturated carbocycles. The lowest BCUT2D eigenvalue weighted by molar-refractivity contribution is -0.113. The standard InChI is InChI=1S/C22H21N5OS2/c1-14-4-8-16(9-5-14)18-12-29-21(23-18)24-19(28)13-30-22-26-25-20(27(22)3)17-10-6-15(2)7-11-17/h4-12H,13H2,1-3H3,(H,23,24,28). The fourth-order valence-corrected chi connectivity index (χ4v) is 4.32. The minimum absolute atomic E-state index is 0.121. The van der Waals surface area contributed by atoms with E-state index in [0.717, 1.165) is 22.6 Å². The summed E-state index contributed by atoms with van der Waals surface area (Å²) in [4.78, 5) is 16.9. The largest absolute Gasteiger partial charge is 0.305 e. The van der Waals surface area contributed by atoms with Gasteiger partial charge in [0.05, 0.1) is 11.4 Å². The minimum Gasteiger partial charge on any atom is -0.305 e. The zero-order chi connectivity index (χ0) is 21.1. The van der Waals surface area contributed by atoms with Crippen molar-refractivity contribution in [2.75, 3.05) is 11.1 Å². The number of carbonyl (C=O) groups excluding carboxylic acids is 1. The fraction of sp³-hybridized carbons (Fsp3) is 0.182. The van der Waals surface area contributed by atoms with Gasteiger partial charge in [-0.05, 0) is 13.8 Å². The molecule has 30 heavy (non-hydrogen) atoms. The first-order valence-corrected chi connectivity index (χ1v) is 11.3. The number of hydrogen-bond donors (Lipinski definition) is 1. The molecule has 0 aliphatic heterocycles. The Morgan fingerprint density at radius 1 is 1.00 bits per heavy atom. The SMILES string of the molecule is Cc1ccc(-c2csc(NC(=O)CSc3nnc(-c4ccc(C)cc4)n3C)n2)cc1. The van der Waals surface area contributed by atoms with Gasteiger partial charge in [-0.3, -0.25) is 4.79 Å². The lowest BCUT2D eigenvalue weighted by Gasteiger charge is -2.04. The summed E-state index contributed by atoms with van der Waals surface area (Å²) in [6.45, 7) is 4.10. The second-order valence-corrected chi connectivity index (χ2v) is 8.77. The van der Waals surface area contributed by atoms with Gasteiger partial charge in [0.1, 0.15) is 0 Å². The molecule has 6 nitrogen and oxygen atoms in total. The molecule has 2 aromatic heterocycles. The van der Waals surface area contributed by atoms with Crippen LogP contribution in [-0.2, 0) is 11.8 Å². The van der Waals surface area contributed by atoms with Crippen LogP contribution in [0, 0.1) is 13.8 Å². The van der Waals surface area contributed by atoms with E-state index in [1.54, 1.807) is 0 Å². The third kappa shape index (κ3) is 4.60. The first-order chi connectivity index (χ1) is 14.5. The molecule has 0 saturated heterocycles. The number of rotatable bonds is 6. The summed E-state index contributed by atoms with van der Waals surface area (Å²) in [6.07, 6.45) is 0. The molecule has 4 aromatic rings. The molecule has 0 radical (unpaired) electrons. The van der Waals surface area contributed by atoms with E-state index in [9.17, 15) is 4.79 Å². The van der Waals surface area contributed by atoms with Gasteiger partial charge in [0.2, 0.25) is 5.91 Å². The Labute approximate surface area is 183 Å². The normalized spacial score (nSPS) is 10.9. The quantitative estimate of drug-likeness (QED) is 0.434. The van der Waals surface area contributed by atoms with E-state index in [4.69, 9.17) is 0 Å². The van der Waals surface area contributed by atoms with Gasteiger partial charge >= 0.3 is 0 Å². The zero-order valence-electron chi connectivity index (χ0n) is 16.9. The van der Waals surface area contributed by atoms with E-state index < -0.39 is 0 Å². The first kappa shape index (κ1) is 20.3. The monoisotopic (exact) mass is 435 g/mol. The number of carbonyl (C=O) groups is 1. The van der Waals surface area contributed by atoms with Crippen molar-refractivity contribution < 1.29 is 4.79 Å². The second-order valence-electron chi connectivity index (χ2n) is 6.97. The van der Waals surface area contributed by atoms with Gasteiger partial charge in [-0.25, -0.2) is 4.98 Å². The van der Waals surface area contributed by atoms with Gasteiger partial charge < -0.3 is 9.88 Å². The summed E-state index contributed by atoms with van der Waals surface area (Å²) < 4.78 is 1.90. The lowest BCUT2D eigenvalue weighted by Crippen LogP contribution is -2.14. The van der Waals surface area contributed by atoms with E-state index in [1.165, 1.54) is 34.2 Å². The van der Waals surface area contributed by atoms with Crippen LogP contribution < -0.4 is 5.32 Å². The zero-order valence-corrected chi connectivity index (χ0v) is 18.5. The minimum atomic E-state index is -0.121.